The van der Waals surface area contributed by atoms with Crippen LogP contribution in [0.1, 0.15) is 18.1 Å². The molecule has 0 aromatic heterocycles. The number of thioether (sulfide) groups is 1. The summed E-state index contributed by atoms with van der Waals surface area (Å²) in [5.41, 5.74) is 2.66. The van der Waals surface area contributed by atoms with E-state index in [1.54, 1.807) is 18.7 Å². The minimum Gasteiger partial charge on any atom is -0.481 e. The lowest BCUT2D eigenvalue weighted by atomic mass is 10.1. The molecule has 1 amide bonds. The van der Waals surface area contributed by atoms with Crippen LogP contribution in [0.4, 0.5) is 5.69 Å². The summed E-state index contributed by atoms with van der Waals surface area (Å²) in [6.45, 7) is 5.57. The Bertz CT molecular complexity index is 695. The minimum atomic E-state index is -0.607. The molecule has 0 bridgehead atoms. The second kappa shape index (κ2) is 7.75. The number of anilines is 1. The van der Waals surface area contributed by atoms with E-state index in [-0.39, 0.29) is 5.91 Å². The third-order valence-corrected chi connectivity index (χ3v) is 4.85. The molecule has 122 valence electrons. The Morgan fingerprint density at radius 3 is 2.43 bits per heavy atom. The van der Waals surface area contributed by atoms with E-state index in [0.717, 1.165) is 26.7 Å². The first-order chi connectivity index (χ1) is 10.9. The lowest BCUT2D eigenvalue weighted by Crippen LogP contribution is -2.30. The molecule has 23 heavy (non-hydrogen) atoms. The van der Waals surface area contributed by atoms with Crippen LogP contribution >= 0.6 is 23.4 Å². The van der Waals surface area contributed by atoms with E-state index in [9.17, 15) is 4.79 Å². The number of aryl methyl sites for hydroxylation is 2. The molecule has 0 spiro atoms. The first-order valence-corrected chi connectivity index (χ1v) is 8.90. The Hall–Kier alpha value is -1.65. The van der Waals surface area contributed by atoms with Gasteiger partial charge in [0.05, 0.1) is 5.69 Å². The van der Waals surface area contributed by atoms with Gasteiger partial charge in [0.2, 0.25) is 0 Å². The highest BCUT2D eigenvalue weighted by Crippen LogP contribution is 2.27. The van der Waals surface area contributed by atoms with Gasteiger partial charge in [-0.05, 0) is 62.4 Å². The first-order valence-electron chi connectivity index (χ1n) is 7.29. The number of rotatable bonds is 5. The van der Waals surface area contributed by atoms with E-state index in [4.69, 9.17) is 16.3 Å². The smallest absolute Gasteiger partial charge is 0.265 e. The Kier molecular flexibility index (Phi) is 5.97. The van der Waals surface area contributed by atoms with Crippen LogP contribution in [0.2, 0.25) is 5.02 Å². The van der Waals surface area contributed by atoms with Gasteiger partial charge < -0.3 is 10.1 Å². The molecule has 0 fully saturated rings. The molecule has 0 aliphatic carbocycles. The Morgan fingerprint density at radius 2 is 1.83 bits per heavy atom. The predicted molar refractivity (Wildman–Crippen MR) is 97.9 cm³/mol. The van der Waals surface area contributed by atoms with Crippen molar-refractivity contribution in [2.24, 2.45) is 0 Å². The van der Waals surface area contributed by atoms with Crippen molar-refractivity contribution >= 4 is 35.0 Å². The Morgan fingerprint density at radius 1 is 1.22 bits per heavy atom. The molecule has 5 heteroatoms. The van der Waals surface area contributed by atoms with Crippen molar-refractivity contribution in [3.05, 3.63) is 52.5 Å². The fraction of sp³-hybridized carbons (Fsp3) is 0.278. The van der Waals surface area contributed by atoms with Crippen LogP contribution in [-0.2, 0) is 4.79 Å². The number of halogens is 1. The third kappa shape index (κ3) is 4.43. The van der Waals surface area contributed by atoms with Crippen molar-refractivity contribution in [1.82, 2.24) is 0 Å². The van der Waals surface area contributed by atoms with Gasteiger partial charge in [-0.3, -0.25) is 4.79 Å². The zero-order chi connectivity index (χ0) is 17.0. The van der Waals surface area contributed by atoms with Crippen LogP contribution < -0.4 is 10.1 Å². The van der Waals surface area contributed by atoms with Gasteiger partial charge in [0, 0.05) is 9.92 Å². The van der Waals surface area contributed by atoms with Crippen LogP contribution in [0.15, 0.2) is 41.3 Å². The lowest BCUT2D eigenvalue weighted by molar-refractivity contribution is -0.122. The highest BCUT2D eigenvalue weighted by atomic mass is 35.5. The maximum Gasteiger partial charge on any atom is 0.265 e. The molecule has 1 N–H and O–H groups in total. The number of benzene rings is 2. The van der Waals surface area contributed by atoms with Gasteiger partial charge in [0.1, 0.15) is 5.75 Å². The Balaban J connectivity index is 2.08. The summed E-state index contributed by atoms with van der Waals surface area (Å²) in [7, 11) is 0. The van der Waals surface area contributed by atoms with Gasteiger partial charge in [-0.25, -0.2) is 0 Å². The number of carbonyl (C=O) groups excluding carboxylic acids is 1. The monoisotopic (exact) mass is 349 g/mol. The van der Waals surface area contributed by atoms with E-state index in [1.165, 1.54) is 0 Å². The molecule has 3 nitrogen and oxygen atoms in total. The number of hydrogen-bond acceptors (Lipinski definition) is 3. The zero-order valence-electron chi connectivity index (χ0n) is 13.6. The molecular weight excluding hydrogens is 330 g/mol. The fourth-order valence-electron chi connectivity index (χ4n) is 2.21. The van der Waals surface area contributed by atoms with E-state index < -0.39 is 6.10 Å². The molecule has 0 saturated carbocycles. The SMILES string of the molecule is CSc1ccccc1NC(=O)[C@H](C)Oc1cc(C)c(Cl)c(C)c1. The number of carbonyl (C=O) groups is 1. The van der Waals surface area contributed by atoms with Gasteiger partial charge in [-0.1, -0.05) is 23.7 Å². The van der Waals surface area contributed by atoms with Crippen LogP contribution in [0.25, 0.3) is 0 Å². The average molecular weight is 350 g/mol. The summed E-state index contributed by atoms with van der Waals surface area (Å²) in [6.07, 6.45) is 1.37. The molecule has 2 aromatic rings. The highest BCUT2D eigenvalue weighted by molar-refractivity contribution is 7.98. The fourth-order valence-corrected chi connectivity index (χ4v) is 2.88. The van der Waals surface area contributed by atoms with Gasteiger partial charge in [0.15, 0.2) is 6.10 Å². The first kappa shape index (κ1) is 17.7. The molecule has 2 rings (SSSR count). The van der Waals surface area contributed by atoms with Crippen LogP contribution in [0.5, 0.6) is 5.75 Å². The van der Waals surface area contributed by atoms with Crippen molar-refractivity contribution in [2.75, 3.05) is 11.6 Å². The van der Waals surface area contributed by atoms with Crippen molar-refractivity contribution in [2.45, 2.75) is 31.8 Å². The third-order valence-electron chi connectivity index (χ3n) is 3.46. The van der Waals surface area contributed by atoms with Crippen LogP contribution in [0, 0.1) is 13.8 Å². The van der Waals surface area contributed by atoms with Crippen molar-refractivity contribution in [1.29, 1.82) is 0 Å². The van der Waals surface area contributed by atoms with Crippen molar-refractivity contribution in [3.8, 4) is 5.75 Å². The standard InChI is InChI=1S/C18H20ClNO2S/c1-11-9-14(10-12(2)17(11)19)22-13(3)18(21)20-15-7-5-6-8-16(15)23-4/h5-10,13H,1-4H3,(H,20,21)/t13-/m0/s1. The van der Waals surface area contributed by atoms with Gasteiger partial charge in [-0.2, -0.15) is 0 Å². The number of hydrogen-bond donors (Lipinski definition) is 1. The van der Waals surface area contributed by atoms with Gasteiger partial charge >= 0.3 is 0 Å². The molecule has 0 saturated heterocycles. The average Bonchev–Trinajstić information content (AvgIpc) is 2.53. The normalized spacial score (nSPS) is 11.9. The largest absolute Gasteiger partial charge is 0.481 e. The topological polar surface area (TPSA) is 38.3 Å². The second-order valence-corrected chi connectivity index (χ2v) is 6.55. The molecule has 1 atom stereocenters. The number of ether oxygens (including phenoxy) is 1. The van der Waals surface area contributed by atoms with Crippen LogP contribution in [-0.4, -0.2) is 18.3 Å². The van der Waals surface area contributed by atoms with E-state index >= 15 is 0 Å². The second-order valence-electron chi connectivity index (χ2n) is 5.32. The number of nitrogens with one attached hydrogen (secondary N) is 1. The van der Waals surface area contributed by atoms with Gasteiger partial charge in [0.25, 0.3) is 5.91 Å². The maximum atomic E-state index is 12.4. The zero-order valence-corrected chi connectivity index (χ0v) is 15.2. The Labute approximate surface area is 146 Å². The quantitative estimate of drug-likeness (QED) is 0.764. The molecule has 0 unspecified atom stereocenters. The molecule has 0 aliphatic heterocycles. The summed E-state index contributed by atoms with van der Waals surface area (Å²) in [5.74, 6) is 0.460. The van der Waals surface area contributed by atoms with Crippen molar-refractivity contribution < 1.29 is 9.53 Å². The molecule has 2 aromatic carbocycles. The summed E-state index contributed by atoms with van der Waals surface area (Å²) in [4.78, 5) is 13.4. The number of para-hydroxylation sites is 1. The maximum absolute atomic E-state index is 12.4. The highest BCUT2D eigenvalue weighted by Gasteiger charge is 2.17. The van der Waals surface area contributed by atoms with Gasteiger partial charge in [-0.15, -0.1) is 11.8 Å². The summed E-state index contributed by atoms with van der Waals surface area (Å²) < 4.78 is 5.76. The molecule has 0 radical (unpaired) electrons. The predicted octanol–water partition coefficient (Wildman–Crippen LogP) is 5.08. The molecular formula is C18H20ClNO2S. The minimum absolute atomic E-state index is 0.184. The van der Waals surface area contributed by atoms with E-state index in [1.807, 2.05) is 56.5 Å². The van der Waals surface area contributed by atoms with E-state index in [0.29, 0.717) is 5.75 Å². The lowest BCUT2D eigenvalue weighted by Gasteiger charge is -2.17. The van der Waals surface area contributed by atoms with Crippen molar-refractivity contribution in [3.63, 3.8) is 0 Å². The number of amides is 1. The molecule has 0 heterocycles. The van der Waals surface area contributed by atoms with E-state index in [2.05, 4.69) is 5.32 Å². The summed E-state index contributed by atoms with van der Waals surface area (Å²) >= 11 is 7.74. The molecule has 0 aliphatic rings. The summed E-state index contributed by atoms with van der Waals surface area (Å²) in [5, 5.41) is 3.64. The summed E-state index contributed by atoms with van der Waals surface area (Å²) in [6, 6.07) is 11.4. The van der Waals surface area contributed by atoms with Crippen LogP contribution in [0.3, 0.4) is 0 Å².